The number of rotatable bonds is 11. The molecule has 1 N–H and O–H groups in total. The van der Waals surface area contributed by atoms with Gasteiger partial charge in [-0.15, -0.1) is 0 Å². The van der Waals surface area contributed by atoms with Crippen molar-refractivity contribution in [3.8, 4) is 5.75 Å². The molecule has 0 aliphatic heterocycles. The topological polar surface area (TPSA) is 58.6 Å². The van der Waals surface area contributed by atoms with Crippen LogP contribution < -0.4 is 10.1 Å². The van der Waals surface area contributed by atoms with Crippen LogP contribution in [0.2, 0.25) is 10.0 Å². The van der Waals surface area contributed by atoms with E-state index in [0.29, 0.717) is 34.3 Å². The van der Waals surface area contributed by atoms with Gasteiger partial charge in [0.15, 0.2) is 6.61 Å². The fourth-order valence-corrected chi connectivity index (χ4v) is 4.59. The molecule has 0 aliphatic rings. The van der Waals surface area contributed by atoms with E-state index in [-0.39, 0.29) is 25.0 Å². The molecule has 3 aromatic carbocycles. The van der Waals surface area contributed by atoms with Gasteiger partial charge < -0.3 is 15.0 Å². The molecule has 0 unspecified atom stereocenters. The summed E-state index contributed by atoms with van der Waals surface area (Å²) in [6.07, 6.45) is 1.14. The van der Waals surface area contributed by atoms with E-state index in [1.54, 1.807) is 23.1 Å². The highest BCUT2D eigenvalue weighted by Gasteiger charge is 2.31. The second-order valence-electron chi connectivity index (χ2n) is 9.25. The molecular formula is C30H34Cl2N2O3. The molecule has 37 heavy (non-hydrogen) atoms. The number of aryl methyl sites for hydroxylation is 2. The molecule has 0 saturated heterocycles. The molecule has 3 rings (SSSR count). The Labute approximate surface area is 229 Å². The van der Waals surface area contributed by atoms with E-state index in [2.05, 4.69) is 11.4 Å². The number of halogens is 2. The minimum absolute atomic E-state index is 0.140. The predicted octanol–water partition coefficient (Wildman–Crippen LogP) is 6.46. The summed E-state index contributed by atoms with van der Waals surface area (Å²) < 4.78 is 6.01. The lowest BCUT2D eigenvalue weighted by Crippen LogP contribution is -2.51. The zero-order valence-electron chi connectivity index (χ0n) is 21.8. The highest BCUT2D eigenvalue weighted by Crippen LogP contribution is 2.26. The van der Waals surface area contributed by atoms with E-state index >= 15 is 0 Å². The Balaban J connectivity index is 1.95. The van der Waals surface area contributed by atoms with E-state index in [1.165, 1.54) is 0 Å². The zero-order chi connectivity index (χ0) is 26.9. The number of nitrogens with one attached hydrogen (secondary N) is 1. The third-order valence-electron chi connectivity index (χ3n) is 6.29. The quantitative estimate of drug-likeness (QED) is 0.303. The smallest absolute Gasteiger partial charge is 0.261 e. The number of hydrogen-bond acceptors (Lipinski definition) is 3. The molecule has 0 bridgehead atoms. The minimum Gasteiger partial charge on any atom is -0.483 e. The number of nitrogens with zero attached hydrogens (tertiary/aromatic N) is 1. The third kappa shape index (κ3) is 7.98. The van der Waals surface area contributed by atoms with Crippen LogP contribution in [-0.2, 0) is 22.6 Å². The maximum Gasteiger partial charge on any atom is 0.261 e. The van der Waals surface area contributed by atoms with Gasteiger partial charge in [-0.25, -0.2) is 0 Å². The maximum atomic E-state index is 13.7. The van der Waals surface area contributed by atoms with Gasteiger partial charge in [0.2, 0.25) is 5.91 Å². The first-order valence-electron chi connectivity index (χ1n) is 12.4. The summed E-state index contributed by atoms with van der Waals surface area (Å²) in [5, 5.41) is 3.90. The van der Waals surface area contributed by atoms with Crippen LogP contribution in [0.4, 0.5) is 0 Å². The van der Waals surface area contributed by atoms with Gasteiger partial charge in [0.25, 0.3) is 5.91 Å². The van der Waals surface area contributed by atoms with Crippen LogP contribution in [0.15, 0.2) is 60.7 Å². The molecule has 5 nitrogen and oxygen atoms in total. The van der Waals surface area contributed by atoms with E-state index < -0.39 is 6.04 Å². The van der Waals surface area contributed by atoms with E-state index in [4.69, 9.17) is 27.9 Å². The Hall–Kier alpha value is -3.02. The zero-order valence-corrected chi connectivity index (χ0v) is 23.3. The molecule has 0 saturated carbocycles. The predicted molar refractivity (Wildman–Crippen MR) is 150 cm³/mol. The van der Waals surface area contributed by atoms with Crippen molar-refractivity contribution in [3.05, 3.63) is 98.5 Å². The lowest BCUT2D eigenvalue weighted by molar-refractivity contribution is -0.142. The maximum absolute atomic E-state index is 13.7. The van der Waals surface area contributed by atoms with Gasteiger partial charge in [-0.2, -0.15) is 0 Å². The summed E-state index contributed by atoms with van der Waals surface area (Å²) in [4.78, 5) is 28.7. The van der Waals surface area contributed by atoms with Gasteiger partial charge in [-0.05, 0) is 73.2 Å². The largest absolute Gasteiger partial charge is 0.483 e. The summed E-state index contributed by atoms with van der Waals surface area (Å²) >= 11 is 12.6. The van der Waals surface area contributed by atoms with Gasteiger partial charge in [-0.1, -0.05) is 72.6 Å². The van der Waals surface area contributed by atoms with Crippen molar-refractivity contribution in [1.29, 1.82) is 0 Å². The molecule has 0 radical (unpaired) electrons. The average molecular weight is 542 g/mol. The van der Waals surface area contributed by atoms with Gasteiger partial charge in [-0.3, -0.25) is 9.59 Å². The van der Waals surface area contributed by atoms with Gasteiger partial charge in [0.1, 0.15) is 11.8 Å². The monoisotopic (exact) mass is 540 g/mol. The summed E-state index contributed by atoms with van der Waals surface area (Å²) in [6.45, 7) is 8.41. The minimum atomic E-state index is -0.753. The molecule has 0 fully saturated rings. The summed E-state index contributed by atoms with van der Waals surface area (Å²) in [5.41, 5.74) is 4.77. The molecule has 2 amide bonds. The Bertz CT molecular complexity index is 1230. The van der Waals surface area contributed by atoms with E-state index in [0.717, 1.165) is 28.7 Å². The SMILES string of the molecule is CCCNC(=O)[C@@H](Cc1ccccc1)N(Cc1ccc(Cl)cc1Cl)C(=O)COc1cc(C)cc(C)c1C. The normalized spacial score (nSPS) is 11.6. The van der Waals surface area contributed by atoms with Crippen molar-refractivity contribution in [2.45, 2.75) is 53.1 Å². The Kier molecular flexibility index (Phi) is 10.4. The lowest BCUT2D eigenvalue weighted by atomic mass is 10.0. The number of amides is 2. The van der Waals surface area contributed by atoms with Gasteiger partial charge >= 0.3 is 0 Å². The van der Waals surface area contributed by atoms with Crippen molar-refractivity contribution < 1.29 is 14.3 Å². The van der Waals surface area contributed by atoms with Crippen LogP contribution in [0, 0.1) is 20.8 Å². The first-order valence-corrected chi connectivity index (χ1v) is 13.2. The molecule has 0 spiro atoms. The fourth-order valence-electron chi connectivity index (χ4n) is 4.13. The lowest BCUT2D eigenvalue weighted by Gasteiger charge is -2.32. The molecule has 7 heteroatoms. The first kappa shape index (κ1) is 28.5. The molecule has 0 aromatic heterocycles. The number of carbonyl (C=O) groups excluding carboxylic acids is 2. The van der Waals surface area contributed by atoms with Crippen LogP contribution in [0.3, 0.4) is 0 Å². The Morgan fingerprint density at radius 1 is 1.00 bits per heavy atom. The van der Waals surface area contributed by atoms with Crippen LogP contribution in [0.25, 0.3) is 0 Å². The average Bonchev–Trinajstić information content (AvgIpc) is 2.87. The van der Waals surface area contributed by atoms with Crippen molar-refractivity contribution in [3.63, 3.8) is 0 Å². The van der Waals surface area contributed by atoms with E-state index in [1.807, 2.05) is 64.1 Å². The van der Waals surface area contributed by atoms with Crippen LogP contribution in [0.5, 0.6) is 5.75 Å². The fraction of sp³-hybridized carbons (Fsp3) is 0.333. The van der Waals surface area contributed by atoms with Crippen LogP contribution >= 0.6 is 23.2 Å². The van der Waals surface area contributed by atoms with Crippen molar-refractivity contribution in [2.75, 3.05) is 13.2 Å². The Morgan fingerprint density at radius 3 is 2.41 bits per heavy atom. The summed E-state index contributed by atoms with van der Waals surface area (Å²) in [6, 6.07) is 18.1. The number of carbonyl (C=O) groups is 2. The van der Waals surface area contributed by atoms with Crippen molar-refractivity contribution in [1.82, 2.24) is 10.2 Å². The molecule has 3 aromatic rings. The molecule has 1 atom stereocenters. The molecule has 0 aliphatic carbocycles. The third-order valence-corrected chi connectivity index (χ3v) is 6.88. The van der Waals surface area contributed by atoms with E-state index in [9.17, 15) is 9.59 Å². The van der Waals surface area contributed by atoms with Gasteiger partial charge in [0.05, 0.1) is 0 Å². The standard InChI is InChI=1S/C30H34Cl2N2O3/c1-5-13-33-30(36)27(16-23-9-7-6-8-10-23)34(18-24-11-12-25(31)17-26(24)32)29(35)19-37-28-15-20(2)14-21(3)22(28)4/h6-12,14-15,17,27H,5,13,16,18-19H2,1-4H3,(H,33,36)/t27-/m1/s1. The number of benzene rings is 3. The molecule has 0 heterocycles. The highest BCUT2D eigenvalue weighted by molar-refractivity contribution is 6.35. The second kappa shape index (κ2) is 13.5. The molecule has 196 valence electrons. The van der Waals surface area contributed by atoms with Crippen LogP contribution in [0.1, 0.15) is 41.2 Å². The Morgan fingerprint density at radius 2 is 1.73 bits per heavy atom. The van der Waals surface area contributed by atoms with Crippen molar-refractivity contribution >= 4 is 35.0 Å². The second-order valence-corrected chi connectivity index (χ2v) is 10.1. The number of ether oxygens (including phenoxy) is 1. The summed E-state index contributed by atoms with van der Waals surface area (Å²) in [5.74, 6) is 0.134. The van der Waals surface area contributed by atoms with Gasteiger partial charge in [0, 0.05) is 29.6 Å². The molecular weight excluding hydrogens is 507 g/mol. The summed E-state index contributed by atoms with van der Waals surface area (Å²) in [7, 11) is 0. The highest BCUT2D eigenvalue weighted by atomic mass is 35.5. The number of hydrogen-bond donors (Lipinski definition) is 1. The van der Waals surface area contributed by atoms with Crippen LogP contribution in [-0.4, -0.2) is 35.9 Å². The van der Waals surface area contributed by atoms with Crippen molar-refractivity contribution in [2.24, 2.45) is 0 Å². The first-order chi connectivity index (χ1) is 17.7.